The number of ether oxygens (including phenoxy) is 2. The van der Waals surface area contributed by atoms with Crippen LogP contribution >= 0.6 is 0 Å². The summed E-state index contributed by atoms with van der Waals surface area (Å²) in [5.74, 6) is 1.62. The van der Waals surface area contributed by atoms with Crippen LogP contribution in [0.25, 0.3) is 6.08 Å². The normalized spacial score (nSPS) is 16.2. The van der Waals surface area contributed by atoms with Crippen molar-refractivity contribution in [1.82, 2.24) is 9.80 Å². The van der Waals surface area contributed by atoms with E-state index in [1.54, 1.807) is 6.08 Å². The van der Waals surface area contributed by atoms with Crippen LogP contribution in [0.4, 0.5) is 0 Å². The van der Waals surface area contributed by atoms with Gasteiger partial charge < -0.3 is 19.3 Å². The highest BCUT2D eigenvalue weighted by molar-refractivity contribution is 5.92. The summed E-state index contributed by atoms with van der Waals surface area (Å²) in [5, 5.41) is 0. The Morgan fingerprint density at radius 2 is 1.75 bits per heavy atom. The summed E-state index contributed by atoms with van der Waals surface area (Å²) in [6.07, 6.45) is 4.85. The van der Waals surface area contributed by atoms with Crippen molar-refractivity contribution in [1.29, 1.82) is 0 Å². The average molecular weight is 435 g/mol. The van der Waals surface area contributed by atoms with E-state index in [9.17, 15) is 9.59 Å². The first-order valence-electron chi connectivity index (χ1n) is 11.3. The van der Waals surface area contributed by atoms with Gasteiger partial charge in [0, 0.05) is 38.2 Å². The third kappa shape index (κ3) is 5.31. The summed E-state index contributed by atoms with van der Waals surface area (Å²) >= 11 is 0. The Balaban J connectivity index is 1.30. The van der Waals surface area contributed by atoms with Gasteiger partial charge in [-0.05, 0) is 49.1 Å². The number of carbonyl (C=O) groups excluding carboxylic acids is 2. The zero-order valence-electron chi connectivity index (χ0n) is 18.5. The first-order chi connectivity index (χ1) is 15.6. The van der Waals surface area contributed by atoms with E-state index < -0.39 is 0 Å². The molecule has 0 spiro atoms. The van der Waals surface area contributed by atoms with Gasteiger partial charge in [0.25, 0.3) is 0 Å². The lowest BCUT2D eigenvalue weighted by Crippen LogP contribution is -2.43. The van der Waals surface area contributed by atoms with Crippen molar-refractivity contribution in [3.63, 3.8) is 0 Å². The van der Waals surface area contributed by atoms with Gasteiger partial charge in [-0.2, -0.15) is 0 Å². The van der Waals surface area contributed by atoms with Crippen LogP contribution in [0.15, 0.2) is 54.6 Å². The maximum absolute atomic E-state index is 13.2. The summed E-state index contributed by atoms with van der Waals surface area (Å²) in [4.78, 5) is 29.4. The molecule has 2 aromatic carbocycles. The van der Waals surface area contributed by atoms with Crippen molar-refractivity contribution < 1.29 is 19.1 Å². The number of rotatable bonds is 6. The third-order valence-corrected chi connectivity index (χ3v) is 6.05. The molecular weight excluding hydrogens is 404 g/mol. The smallest absolute Gasteiger partial charge is 0.246 e. The number of fused-ring (bicyclic) bond motifs is 1. The molecule has 6 nitrogen and oxygen atoms in total. The van der Waals surface area contributed by atoms with Crippen molar-refractivity contribution in [2.45, 2.75) is 26.3 Å². The van der Waals surface area contributed by atoms with E-state index in [1.807, 2.05) is 71.3 Å². The van der Waals surface area contributed by atoms with Crippen molar-refractivity contribution in [3.05, 3.63) is 65.7 Å². The Morgan fingerprint density at radius 1 is 1.03 bits per heavy atom. The van der Waals surface area contributed by atoms with Gasteiger partial charge in [-0.3, -0.25) is 9.59 Å². The molecule has 0 bridgehead atoms. The molecule has 6 heteroatoms. The molecule has 32 heavy (non-hydrogen) atoms. The molecule has 2 amide bonds. The van der Waals surface area contributed by atoms with Crippen LogP contribution in [0.5, 0.6) is 11.5 Å². The largest absolute Gasteiger partial charge is 0.486 e. The summed E-state index contributed by atoms with van der Waals surface area (Å²) in [6.45, 7) is 5.52. The van der Waals surface area contributed by atoms with Crippen molar-refractivity contribution in [2.24, 2.45) is 5.92 Å². The molecule has 0 N–H and O–H groups in total. The molecule has 0 radical (unpaired) electrons. The highest BCUT2D eigenvalue weighted by atomic mass is 16.6. The maximum atomic E-state index is 13.2. The van der Waals surface area contributed by atoms with Crippen molar-refractivity contribution in [2.75, 3.05) is 32.8 Å². The topological polar surface area (TPSA) is 59.1 Å². The summed E-state index contributed by atoms with van der Waals surface area (Å²) in [5.41, 5.74) is 2.03. The van der Waals surface area contributed by atoms with Gasteiger partial charge in [-0.15, -0.1) is 0 Å². The molecule has 0 saturated carbocycles. The number of hydrogen-bond acceptors (Lipinski definition) is 4. The molecule has 1 saturated heterocycles. The summed E-state index contributed by atoms with van der Waals surface area (Å²) in [6, 6.07) is 15.7. The van der Waals surface area contributed by atoms with E-state index >= 15 is 0 Å². The molecule has 2 heterocycles. The third-order valence-electron chi connectivity index (χ3n) is 6.05. The number of nitrogens with zero attached hydrogens (tertiary/aromatic N) is 2. The lowest BCUT2D eigenvalue weighted by Gasteiger charge is -2.33. The highest BCUT2D eigenvalue weighted by Gasteiger charge is 2.29. The minimum absolute atomic E-state index is 0.00313. The first-order valence-corrected chi connectivity index (χ1v) is 11.3. The number of likely N-dealkylation sites (tertiary alicyclic amines) is 1. The molecule has 1 fully saturated rings. The molecule has 2 aliphatic heterocycles. The van der Waals surface area contributed by atoms with Gasteiger partial charge in [0.2, 0.25) is 11.8 Å². The number of hydrogen-bond donors (Lipinski definition) is 0. The average Bonchev–Trinajstić information content (AvgIpc) is 2.86. The fraction of sp³-hybridized carbons (Fsp3) is 0.385. The van der Waals surface area contributed by atoms with Crippen molar-refractivity contribution in [3.8, 4) is 11.5 Å². The van der Waals surface area contributed by atoms with Gasteiger partial charge in [-0.1, -0.05) is 36.4 Å². The Hall–Kier alpha value is -3.28. The van der Waals surface area contributed by atoms with Crippen LogP contribution in [0.1, 0.15) is 30.9 Å². The van der Waals surface area contributed by atoms with Gasteiger partial charge in [-0.25, -0.2) is 0 Å². The van der Waals surface area contributed by atoms with Gasteiger partial charge in [0.15, 0.2) is 11.5 Å². The Bertz CT molecular complexity index is 965. The number of amides is 2. The molecular formula is C26H30N2O4. The second-order valence-corrected chi connectivity index (χ2v) is 8.17. The Kier molecular flexibility index (Phi) is 7.10. The number of piperidine rings is 1. The predicted molar refractivity (Wildman–Crippen MR) is 123 cm³/mol. The monoisotopic (exact) mass is 434 g/mol. The highest BCUT2D eigenvalue weighted by Crippen LogP contribution is 2.31. The summed E-state index contributed by atoms with van der Waals surface area (Å²) < 4.78 is 11.2. The minimum Gasteiger partial charge on any atom is -0.486 e. The van der Waals surface area contributed by atoms with E-state index in [1.165, 1.54) is 0 Å². The molecule has 0 aliphatic carbocycles. The fourth-order valence-corrected chi connectivity index (χ4v) is 4.19. The lowest BCUT2D eigenvalue weighted by molar-refractivity contribution is -0.139. The quantitative estimate of drug-likeness (QED) is 0.650. The maximum Gasteiger partial charge on any atom is 0.246 e. The second kappa shape index (κ2) is 10.4. The molecule has 168 valence electrons. The van der Waals surface area contributed by atoms with E-state index in [2.05, 4.69) is 0 Å². The van der Waals surface area contributed by atoms with E-state index in [0.29, 0.717) is 52.2 Å². The van der Waals surface area contributed by atoms with Crippen LogP contribution in [-0.4, -0.2) is 54.5 Å². The molecule has 0 aromatic heterocycles. The molecule has 0 unspecified atom stereocenters. The standard InChI is InChI=1S/C26H30N2O4/c1-2-27(19-21-8-10-23-24(18-21)32-17-16-31-23)26(30)22-12-14-28(15-13-22)25(29)11-9-20-6-4-3-5-7-20/h3-11,18,22H,2,12-17,19H2,1H3/b11-9+. The van der Waals surface area contributed by atoms with Crippen LogP contribution in [0.2, 0.25) is 0 Å². The van der Waals surface area contributed by atoms with Crippen LogP contribution in [-0.2, 0) is 16.1 Å². The molecule has 4 rings (SSSR count). The van der Waals surface area contributed by atoms with E-state index in [4.69, 9.17) is 9.47 Å². The summed E-state index contributed by atoms with van der Waals surface area (Å²) in [7, 11) is 0. The van der Waals surface area contributed by atoms with E-state index in [-0.39, 0.29) is 17.7 Å². The lowest BCUT2D eigenvalue weighted by atomic mass is 9.95. The van der Waals surface area contributed by atoms with Crippen LogP contribution < -0.4 is 9.47 Å². The second-order valence-electron chi connectivity index (χ2n) is 8.17. The molecule has 2 aromatic rings. The molecule has 2 aliphatic rings. The Morgan fingerprint density at radius 3 is 2.47 bits per heavy atom. The number of carbonyl (C=O) groups is 2. The fourth-order valence-electron chi connectivity index (χ4n) is 4.19. The van der Waals surface area contributed by atoms with Crippen LogP contribution in [0, 0.1) is 5.92 Å². The predicted octanol–water partition coefficient (Wildman–Crippen LogP) is 3.76. The zero-order chi connectivity index (χ0) is 22.3. The van der Waals surface area contributed by atoms with Gasteiger partial charge in [0.1, 0.15) is 13.2 Å². The zero-order valence-corrected chi connectivity index (χ0v) is 18.5. The molecule has 0 atom stereocenters. The van der Waals surface area contributed by atoms with Gasteiger partial charge >= 0.3 is 0 Å². The minimum atomic E-state index is -0.0469. The van der Waals surface area contributed by atoms with Crippen LogP contribution in [0.3, 0.4) is 0 Å². The number of benzene rings is 2. The van der Waals surface area contributed by atoms with E-state index in [0.717, 1.165) is 22.6 Å². The first kappa shape index (κ1) is 21.9. The van der Waals surface area contributed by atoms with Crippen molar-refractivity contribution >= 4 is 17.9 Å². The SMILES string of the molecule is CCN(Cc1ccc2c(c1)OCCO2)C(=O)C1CCN(C(=O)/C=C/c2ccccc2)CC1. The Labute approximate surface area is 189 Å². The van der Waals surface area contributed by atoms with Gasteiger partial charge in [0.05, 0.1) is 0 Å².